The van der Waals surface area contributed by atoms with Crippen LogP contribution in [0.3, 0.4) is 0 Å². The number of fused-ring (bicyclic) bond motifs is 14. The van der Waals surface area contributed by atoms with Gasteiger partial charge in [-0.2, -0.15) is 0 Å². The molecule has 0 aromatic heterocycles. The molecule has 312 valence electrons. The molecule has 0 heterocycles. The fourth-order valence-corrected chi connectivity index (χ4v) is 12.6. The maximum Gasteiger partial charge on any atom is 0.0726 e. The SMILES string of the molecule is c1ccc(C2(c3ccccc3)c3ccccc3-c3cc(N(c4ccc(-c5cccc6ccccc56)cc4)c4cccc5c4-c4ccccc4C54c5ccccc5-c5ccccc54)ccc32)cc1. The quantitative estimate of drug-likeness (QED) is 0.161. The molecule has 67 heavy (non-hydrogen) atoms. The van der Waals surface area contributed by atoms with E-state index < -0.39 is 10.8 Å². The molecule has 0 unspecified atom stereocenters. The van der Waals surface area contributed by atoms with E-state index in [0.29, 0.717) is 0 Å². The summed E-state index contributed by atoms with van der Waals surface area (Å²) in [7, 11) is 0. The van der Waals surface area contributed by atoms with Gasteiger partial charge in [-0.15, -0.1) is 0 Å². The Morgan fingerprint density at radius 1 is 0.269 bits per heavy atom. The lowest BCUT2D eigenvalue weighted by Crippen LogP contribution is -2.28. The van der Waals surface area contributed by atoms with E-state index in [0.717, 1.165) is 17.1 Å². The van der Waals surface area contributed by atoms with E-state index in [-0.39, 0.29) is 0 Å². The van der Waals surface area contributed by atoms with Crippen LogP contribution in [0.15, 0.2) is 261 Å². The van der Waals surface area contributed by atoms with Crippen molar-refractivity contribution >= 4 is 27.8 Å². The summed E-state index contributed by atoms with van der Waals surface area (Å²) in [4.78, 5) is 2.53. The van der Waals surface area contributed by atoms with Crippen LogP contribution in [0, 0.1) is 0 Å². The Labute approximate surface area is 391 Å². The van der Waals surface area contributed by atoms with Gasteiger partial charge in [0, 0.05) is 16.9 Å². The van der Waals surface area contributed by atoms with Crippen molar-refractivity contribution in [1.29, 1.82) is 0 Å². The van der Waals surface area contributed by atoms with Gasteiger partial charge in [-0.1, -0.05) is 231 Å². The molecule has 0 aliphatic heterocycles. The van der Waals surface area contributed by atoms with Gasteiger partial charge in [0.1, 0.15) is 0 Å². The largest absolute Gasteiger partial charge is 0.310 e. The van der Waals surface area contributed by atoms with Crippen LogP contribution in [0.25, 0.3) is 55.3 Å². The molecule has 3 aliphatic rings. The van der Waals surface area contributed by atoms with Crippen LogP contribution in [0.1, 0.15) is 44.5 Å². The van der Waals surface area contributed by atoms with Crippen molar-refractivity contribution in [2.75, 3.05) is 4.90 Å². The van der Waals surface area contributed by atoms with Crippen LogP contribution in [0.4, 0.5) is 17.1 Å². The first-order chi connectivity index (χ1) is 33.3. The normalized spacial score (nSPS) is 13.9. The van der Waals surface area contributed by atoms with Gasteiger partial charge in [-0.25, -0.2) is 0 Å². The molecule has 0 radical (unpaired) electrons. The Morgan fingerprint density at radius 3 is 1.37 bits per heavy atom. The smallest absolute Gasteiger partial charge is 0.0726 e. The third kappa shape index (κ3) is 5.14. The van der Waals surface area contributed by atoms with Crippen LogP contribution >= 0.6 is 0 Å². The molecular formula is C66H43N. The minimum absolute atomic E-state index is 0.457. The van der Waals surface area contributed by atoms with E-state index >= 15 is 0 Å². The van der Waals surface area contributed by atoms with Gasteiger partial charge >= 0.3 is 0 Å². The van der Waals surface area contributed by atoms with Crippen molar-refractivity contribution in [1.82, 2.24) is 0 Å². The van der Waals surface area contributed by atoms with Crippen molar-refractivity contribution in [3.63, 3.8) is 0 Å². The maximum atomic E-state index is 2.53. The summed E-state index contributed by atoms with van der Waals surface area (Å²) in [5.74, 6) is 0. The lowest BCUT2D eigenvalue weighted by molar-refractivity contribution is 0.768. The lowest BCUT2D eigenvalue weighted by Gasteiger charge is -2.34. The first kappa shape index (κ1) is 37.8. The molecule has 0 atom stereocenters. The zero-order chi connectivity index (χ0) is 44.1. The number of anilines is 3. The van der Waals surface area contributed by atoms with Gasteiger partial charge in [0.05, 0.1) is 16.5 Å². The monoisotopic (exact) mass is 849 g/mol. The molecule has 0 amide bonds. The second-order valence-corrected chi connectivity index (χ2v) is 18.3. The Kier molecular flexibility index (Phi) is 8.18. The number of hydrogen-bond acceptors (Lipinski definition) is 1. The predicted molar refractivity (Wildman–Crippen MR) is 278 cm³/mol. The maximum absolute atomic E-state index is 2.53. The van der Waals surface area contributed by atoms with E-state index in [1.807, 2.05) is 0 Å². The molecule has 0 fully saturated rings. The van der Waals surface area contributed by atoms with Gasteiger partial charge in [0.25, 0.3) is 0 Å². The first-order valence-electron chi connectivity index (χ1n) is 23.4. The zero-order valence-corrected chi connectivity index (χ0v) is 36.8. The van der Waals surface area contributed by atoms with E-state index in [9.17, 15) is 0 Å². The summed E-state index contributed by atoms with van der Waals surface area (Å²) >= 11 is 0. The zero-order valence-electron chi connectivity index (χ0n) is 36.8. The number of rotatable bonds is 6. The molecule has 11 aromatic rings. The molecule has 1 heteroatoms. The van der Waals surface area contributed by atoms with E-state index in [1.165, 1.54) is 99.8 Å². The average Bonchev–Trinajstić information content (AvgIpc) is 4.00. The van der Waals surface area contributed by atoms with Crippen LogP contribution in [-0.4, -0.2) is 0 Å². The standard InChI is InChI=1S/C66H43N/c1-3-21-46(22-4-1)65(47-23-5-2-6-24-47)57-31-13-11-28-54(57)56-43-49(41-42-61(56)65)67(48-39-37-45(38-40-48)51-30-17-20-44-19-7-8-25-50(44)51)63-36-18-35-62-64(63)55-29-12-16-34-60(55)66(62)58-32-14-9-26-52(58)53-27-10-15-33-59(53)66/h1-43H. The minimum Gasteiger partial charge on any atom is -0.310 e. The van der Waals surface area contributed by atoms with Crippen molar-refractivity contribution in [2.24, 2.45) is 0 Å². The van der Waals surface area contributed by atoms with Gasteiger partial charge in [-0.05, 0) is 125 Å². The Balaban J connectivity index is 1.04. The van der Waals surface area contributed by atoms with Crippen LogP contribution in [0.2, 0.25) is 0 Å². The Bertz CT molecular complexity index is 3660. The highest BCUT2D eigenvalue weighted by Crippen LogP contribution is 2.65. The van der Waals surface area contributed by atoms with Crippen molar-refractivity contribution in [2.45, 2.75) is 10.8 Å². The Morgan fingerprint density at radius 2 is 0.716 bits per heavy atom. The third-order valence-corrected chi connectivity index (χ3v) is 15.2. The summed E-state index contributed by atoms with van der Waals surface area (Å²) in [6.07, 6.45) is 0. The number of hydrogen-bond donors (Lipinski definition) is 0. The van der Waals surface area contributed by atoms with Crippen molar-refractivity contribution in [3.05, 3.63) is 305 Å². The second-order valence-electron chi connectivity index (χ2n) is 18.3. The summed E-state index contributed by atoms with van der Waals surface area (Å²) in [6.45, 7) is 0. The summed E-state index contributed by atoms with van der Waals surface area (Å²) in [5.41, 5.74) is 23.0. The minimum atomic E-state index is -0.486. The van der Waals surface area contributed by atoms with Crippen LogP contribution < -0.4 is 4.90 Å². The van der Waals surface area contributed by atoms with Gasteiger partial charge < -0.3 is 4.90 Å². The fourth-order valence-electron chi connectivity index (χ4n) is 12.6. The van der Waals surface area contributed by atoms with E-state index in [4.69, 9.17) is 0 Å². The van der Waals surface area contributed by atoms with Crippen LogP contribution in [0.5, 0.6) is 0 Å². The molecular weight excluding hydrogens is 807 g/mol. The third-order valence-electron chi connectivity index (χ3n) is 15.2. The highest BCUT2D eigenvalue weighted by atomic mass is 15.1. The molecule has 14 rings (SSSR count). The molecule has 0 N–H and O–H groups in total. The van der Waals surface area contributed by atoms with Gasteiger partial charge in [-0.3, -0.25) is 0 Å². The molecule has 11 aromatic carbocycles. The summed E-state index contributed by atoms with van der Waals surface area (Å²) < 4.78 is 0. The van der Waals surface area contributed by atoms with Gasteiger partial charge in [0.2, 0.25) is 0 Å². The van der Waals surface area contributed by atoms with Crippen LogP contribution in [-0.2, 0) is 10.8 Å². The summed E-state index contributed by atoms with van der Waals surface area (Å²) in [5, 5.41) is 2.50. The number of benzene rings is 11. The Hall–Kier alpha value is -8.52. The second kappa shape index (κ2) is 14.5. The molecule has 3 aliphatic carbocycles. The van der Waals surface area contributed by atoms with Gasteiger partial charge in [0.15, 0.2) is 0 Å². The fraction of sp³-hybridized carbons (Fsp3) is 0.0303. The van der Waals surface area contributed by atoms with E-state index in [2.05, 4.69) is 266 Å². The predicted octanol–water partition coefficient (Wildman–Crippen LogP) is 16.7. The first-order valence-corrected chi connectivity index (χ1v) is 23.4. The van der Waals surface area contributed by atoms with Crippen molar-refractivity contribution in [3.8, 4) is 44.5 Å². The molecule has 0 saturated carbocycles. The topological polar surface area (TPSA) is 3.24 Å². The summed E-state index contributed by atoms with van der Waals surface area (Å²) in [6, 6.07) is 97.5. The lowest BCUT2D eigenvalue weighted by atomic mass is 9.68. The highest BCUT2D eigenvalue weighted by Gasteiger charge is 2.52. The average molecular weight is 850 g/mol. The van der Waals surface area contributed by atoms with Crippen molar-refractivity contribution < 1.29 is 0 Å². The molecule has 0 saturated heterocycles. The molecule has 0 bridgehead atoms. The van der Waals surface area contributed by atoms with E-state index in [1.54, 1.807) is 0 Å². The highest BCUT2D eigenvalue weighted by molar-refractivity contribution is 6.02. The molecule has 1 spiro atoms. The molecule has 1 nitrogen and oxygen atoms in total. The number of nitrogens with zero attached hydrogens (tertiary/aromatic N) is 1.